The molecule has 2 aromatic carbocycles. The molecular formula is C15H8BrIO2. The number of carbonyl (C=O) groups excluding carboxylic acids is 2. The van der Waals surface area contributed by atoms with E-state index in [9.17, 15) is 9.59 Å². The molecule has 0 fully saturated rings. The number of carbonyl (C=O) groups is 2. The molecule has 2 aromatic rings. The van der Waals surface area contributed by atoms with Crippen LogP contribution in [0.25, 0.3) is 0 Å². The Morgan fingerprint density at radius 2 is 1.53 bits per heavy atom. The van der Waals surface area contributed by atoms with E-state index in [2.05, 4.69) is 38.5 Å². The smallest absolute Gasteiger partial charge is 0.178 e. The fourth-order valence-electron chi connectivity index (χ4n) is 2.36. The van der Waals surface area contributed by atoms with E-state index < -0.39 is 5.92 Å². The van der Waals surface area contributed by atoms with Crippen LogP contribution in [0.15, 0.2) is 46.9 Å². The lowest BCUT2D eigenvalue weighted by atomic mass is 9.94. The molecule has 1 aliphatic rings. The minimum Gasteiger partial charge on any atom is -0.293 e. The topological polar surface area (TPSA) is 34.1 Å². The predicted octanol–water partition coefficient (Wildman–Crippen LogP) is 4.22. The lowest BCUT2D eigenvalue weighted by molar-refractivity contribution is 0.0890. The van der Waals surface area contributed by atoms with Crippen LogP contribution < -0.4 is 0 Å². The zero-order valence-electron chi connectivity index (χ0n) is 9.69. The molecule has 19 heavy (non-hydrogen) atoms. The normalized spacial score (nSPS) is 14.8. The summed E-state index contributed by atoms with van der Waals surface area (Å²) >= 11 is 5.61. The molecule has 0 aliphatic heterocycles. The molecule has 94 valence electrons. The number of Topliss-reactive ketones (excluding diaryl/α,β-unsaturated/α-hetero) is 2. The summed E-state index contributed by atoms with van der Waals surface area (Å²) in [5, 5.41) is 0. The number of fused-ring (bicyclic) bond motifs is 1. The molecule has 3 rings (SSSR count). The van der Waals surface area contributed by atoms with Gasteiger partial charge < -0.3 is 0 Å². The number of benzene rings is 2. The van der Waals surface area contributed by atoms with Crippen LogP contribution in [0, 0.1) is 3.57 Å². The predicted molar refractivity (Wildman–Crippen MR) is 84.7 cm³/mol. The quantitative estimate of drug-likeness (QED) is 0.505. The third-order valence-electron chi connectivity index (χ3n) is 3.25. The molecular weight excluding hydrogens is 419 g/mol. The van der Waals surface area contributed by atoms with Crippen LogP contribution in [0.1, 0.15) is 32.2 Å². The van der Waals surface area contributed by atoms with Gasteiger partial charge in [0.25, 0.3) is 0 Å². The van der Waals surface area contributed by atoms with Crippen molar-refractivity contribution in [2.45, 2.75) is 5.92 Å². The maximum absolute atomic E-state index is 12.4. The van der Waals surface area contributed by atoms with Crippen LogP contribution in [0.5, 0.6) is 0 Å². The number of hydrogen-bond acceptors (Lipinski definition) is 2. The van der Waals surface area contributed by atoms with Gasteiger partial charge in [-0.3, -0.25) is 9.59 Å². The second-order valence-electron chi connectivity index (χ2n) is 4.37. The third kappa shape index (κ3) is 2.07. The fraction of sp³-hybridized carbons (Fsp3) is 0.0667. The summed E-state index contributed by atoms with van der Waals surface area (Å²) in [6.07, 6.45) is 0. The summed E-state index contributed by atoms with van der Waals surface area (Å²) in [6, 6.07) is 12.7. The summed E-state index contributed by atoms with van der Waals surface area (Å²) < 4.78 is 1.81. The van der Waals surface area contributed by atoms with Crippen LogP contribution in [0.3, 0.4) is 0 Å². The van der Waals surface area contributed by atoms with Crippen LogP contribution in [0.4, 0.5) is 0 Å². The second kappa shape index (κ2) is 4.83. The van der Waals surface area contributed by atoms with Gasteiger partial charge in [-0.25, -0.2) is 0 Å². The van der Waals surface area contributed by atoms with Crippen LogP contribution in [0.2, 0.25) is 0 Å². The van der Waals surface area contributed by atoms with Crippen LogP contribution in [-0.4, -0.2) is 11.6 Å². The maximum Gasteiger partial charge on any atom is 0.178 e. The number of hydrogen-bond donors (Lipinski definition) is 0. The Labute approximate surface area is 132 Å². The first-order chi connectivity index (χ1) is 9.09. The van der Waals surface area contributed by atoms with Gasteiger partial charge in [0.15, 0.2) is 11.6 Å². The average Bonchev–Trinajstić information content (AvgIpc) is 2.66. The van der Waals surface area contributed by atoms with Gasteiger partial charge in [0.2, 0.25) is 0 Å². The van der Waals surface area contributed by atoms with Crippen molar-refractivity contribution in [1.82, 2.24) is 0 Å². The summed E-state index contributed by atoms with van der Waals surface area (Å²) in [5.74, 6) is -0.923. The molecule has 1 aliphatic carbocycles. The summed E-state index contributed by atoms with van der Waals surface area (Å²) in [6.45, 7) is 0. The van der Waals surface area contributed by atoms with Crippen molar-refractivity contribution in [2.24, 2.45) is 0 Å². The zero-order valence-corrected chi connectivity index (χ0v) is 13.4. The van der Waals surface area contributed by atoms with E-state index >= 15 is 0 Å². The van der Waals surface area contributed by atoms with Gasteiger partial charge in [0.1, 0.15) is 5.92 Å². The molecule has 2 nitrogen and oxygen atoms in total. The van der Waals surface area contributed by atoms with Gasteiger partial charge in [-0.2, -0.15) is 0 Å². The molecule has 0 saturated carbocycles. The lowest BCUT2D eigenvalue weighted by Gasteiger charge is -2.10. The van der Waals surface area contributed by atoms with Crippen molar-refractivity contribution in [3.8, 4) is 0 Å². The third-order valence-corrected chi connectivity index (χ3v) is 4.64. The molecule has 0 bridgehead atoms. The van der Waals surface area contributed by atoms with Gasteiger partial charge in [-0.1, -0.05) is 40.2 Å². The SMILES string of the molecule is O=C1c2ccccc2C(=O)C1c1cc(I)ccc1Br. The fourth-order valence-corrected chi connectivity index (χ4v) is 3.35. The molecule has 0 unspecified atom stereocenters. The molecule has 0 aromatic heterocycles. The molecule has 0 amide bonds. The Morgan fingerprint density at radius 1 is 0.947 bits per heavy atom. The Hall–Kier alpha value is -1.01. The van der Waals surface area contributed by atoms with E-state index in [4.69, 9.17) is 0 Å². The molecule has 4 heteroatoms. The van der Waals surface area contributed by atoms with Crippen molar-refractivity contribution in [3.05, 3.63) is 67.2 Å². The molecule has 0 saturated heterocycles. The minimum absolute atomic E-state index is 0.108. The second-order valence-corrected chi connectivity index (χ2v) is 6.47. The van der Waals surface area contributed by atoms with Gasteiger partial charge in [0.05, 0.1) is 0 Å². The Morgan fingerprint density at radius 3 is 2.11 bits per heavy atom. The highest BCUT2D eigenvalue weighted by Crippen LogP contribution is 2.37. The van der Waals surface area contributed by atoms with Gasteiger partial charge >= 0.3 is 0 Å². The van der Waals surface area contributed by atoms with Gasteiger partial charge in [-0.15, -0.1) is 0 Å². The maximum atomic E-state index is 12.4. The number of halogens is 2. The summed E-state index contributed by atoms with van der Waals surface area (Å²) in [5.41, 5.74) is 1.81. The van der Waals surface area contributed by atoms with E-state index in [0.717, 1.165) is 13.6 Å². The zero-order chi connectivity index (χ0) is 13.6. The Kier molecular flexibility index (Phi) is 3.30. The molecule has 0 radical (unpaired) electrons. The first-order valence-electron chi connectivity index (χ1n) is 5.72. The lowest BCUT2D eigenvalue weighted by Crippen LogP contribution is -2.13. The number of ketones is 2. The average molecular weight is 427 g/mol. The molecule has 0 N–H and O–H groups in total. The van der Waals surface area contributed by atoms with Crippen molar-refractivity contribution in [3.63, 3.8) is 0 Å². The van der Waals surface area contributed by atoms with Gasteiger partial charge in [-0.05, 0) is 46.4 Å². The van der Waals surface area contributed by atoms with E-state index in [1.54, 1.807) is 24.3 Å². The first kappa shape index (κ1) is 13.0. The summed E-state index contributed by atoms with van der Waals surface area (Å²) in [7, 11) is 0. The molecule has 0 atom stereocenters. The highest BCUT2D eigenvalue weighted by atomic mass is 127. The van der Waals surface area contributed by atoms with Crippen molar-refractivity contribution >= 4 is 50.1 Å². The van der Waals surface area contributed by atoms with E-state index in [1.165, 1.54) is 0 Å². The minimum atomic E-state index is -0.707. The van der Waals surface area contributed by atoms with Crippen LogP contribution >= 0.6 is 38.5 Å². The van der Waals surface area contributed by atoms with Gasteiger partial charge in [0, 0.05) is 19.2 Å². The number of rotatable bonds is 1. The standard InChI is InChI=1S/C15H8BrIO2/c16-12-6-5-8(17)7-11(12)13-14(18)9-3-1-2-4-10(9)15(13)19/h1-7,13H. The largest absolute Gasteiger partial charge is 0.293 e. The molecule has 0 spiro atoms. The van der Waals surface area contributed by atoms with Crippen molar-refractivity contribution < 1.29 is 9.59 Å². The van der Waals surface area contributed by atoms with E-state index in [-0.39, 0.29) is 11.6 Å². The Bertz CT molecular complexity index is 674. The highest BCUT2D eigenvalue weighted by Gasteiger charge is 2.40. The van der Waals surface area contributed by atoms with Crippen molar-refractivity contribution in [1.29, 1.82) is 0 Å². The summed E-state index contributed by atoms with van der Waals surface area (Å²) in [4.78, 5) is 24.9. The highest BCUT2D eigenvalue weighted by molar-refractivity contribution is 14.1. The Balaban J connectivity index is 2.17. The molecule has 0 heterocycles. The monoisotopic (exact) mass is 426 g/mol. The van der Waals surface area contributed by atoms with E-state index in [0.29, 0.717) is 11.1 Å². The van der Waals surface area contributed by atoms with Crippen molar-refractivity contribution in [2.75, 3.05) is 0 Å². The van der Waals surface area contributed by atoms with E-state index in [1.807, 2.05) is 18.2 Å². The first-order valence-corrected chi connectivity index (χ1v) is 7.59. The van der Waals surface area contributed by atoms with Crippen LogP contribution in [-0.2, 0) is 0 Å².